The van der Waals surface area contributed by atoms with E-state index >= 15 is 0 Å². The minimum absolute atomic E-state index is 0.108. The second-order valence-corrected chi connectivity index (χ2v) is 4.62. The standard InChI is InChI=1S/C12H17ClN2/c13-11-5-1-3-9(7-11)12(14)10-4-2-6-15-8-10/h1,3,5,7,10,12,15H,2,4,6,8,14H2. The van der Waals surface area contributed by atoms with Gasteiger partial charge in [0.25, 0.3) is 0 Å². The first kappa shape index (κ1) is 10.9. The molecule has 1 aliphatic rings. The van der Waals surface area contributed by atoms with Crippen LogP contribution in [-0.4, -0.2) is 13.1 Å². The van der Waals surface area contributed by atoms with Crippen molar-refractivity contribution in [2.24, 2.45) is 11.7 Å². The molecule has 0 radical (unpaired) electrons. The lowest BCUT2D eigenvalue weighted by Crippen LogP contribution is -2.36. The van der Waals surface area contributed by atoms with E-state index in [-0.39, 0.29) is 6.04 Å². The van der Waals surface area contributed by atoms with E-state index in [0.717, 1.165) is 23.7 Å². The van der Waals surface area contributed by atoms with E-state index in [0.29, 0.717) is 5.92 Å². The summed E-state index contributed by atoms with van der Waals surface area (Å²) in [6, 6.07) is 7.99. The molecule has 1 aromatic carbocycles. The Kier molecular flexibility index (Phi) is 3.62. The summed E-state index contributed by atoms with van der Waals surface area (Å²) in [7, 11) is 0. The fourth-order valence-corrected chi connectivity index (χ4v) is 2.37. The van der Waals surface area contributed by atoms with Crippen molar-refractivity contribution < 1.29 is 0 Å². The summed E-state index contributed by atoms with van der Waals surface area (Å²) >= 11 is 5.96. The molecule has 0 spiro atoms. The summed E-state index contributed by atoms with van der Waals surface area (Å²) < 4.78 is 0. The molecule has 1 aliphatic heterocycles. The van der Waals surface area contributed by atoms with Crippen molar-refractivity contribution in [3.8, 4) is 0 Å². The highest BCUT2D eigenvalue weighted by molar-refractivity contribution is 6.30. The molecule has 0 aliphatic carbocycles. The summed E-state index contributed by atoms with van der Waals surface area (Å²) in [5, 5.41) is 4.16. The van der Waals surface area contributed by atoms with Crippen LogP contribution in [0.3, 0.4) is 0 Å². The van der Waals surface area contributed by atoms with Gasteiger partial charge in [-0.25, -0.2) is 0 Å². The Balaban J connectivity index is 2.08. The Morgan fingerprint density at radius 3 is 3.00 bits per heavy atom. The highest BCUT2D eigenvalue weighted by Crippen LogP contribution is 2.26. The molecule has 2 rings (SSSR count). The lowest BCUT2D eigenvalue weighted by atomic mass is 9.88. The van der Waals surface area contributed by atoms with Crippen molar-refractivity contribution in [1.82, 2.24) is 5.32 Å². The average Bonchev–Trinajstić information content (AvgIpc) is 2.29. The molecule has 3 N–H and O–H groups in total. The summed E-state index contributed by atoms with van der Waals surface area (Å²) in [4.78, 5) is 0. The summed E-state index contributed by atoms with van der Waals surface area (Å²) in [5.74, 6) is 0.539. The zero-order valence-electron chi connectivity index (χ0n) is 8.75. The van der Waals surface area contributed by atoms with Gasteiger partial charge in [0.1, 0.15) is 0 Å². The van der Waals surface area contributed by atoms with Gasteiger partial charge in [0.15, 0.2) is 0 Å². The van der Waals surface area contributed by atoms with Crippen LogP contribution in [0, 0.1) is 5.92 Å². The molecule has 1 heterocycles. The van der Waals surface area contributed by atoms with Crippen LogP contribution in [-0.2, 0) is 0 Å². The second kappa shape index (κ2) is 4.97. The zero-order valence-corrected chi connectivity index (χ0v) is 9.50. The maximum atomic E-state index is 6.24. The molecule has 2 unspecified atom stereocenters. The first-order valence-electron chi connectivity index (χ1n) is 5.49. The second-order valence-electron chi connectivity index (χ2n) is 4.19. The van der Waals surface area contributed by atoms with Crippen LogP contribution in [0.25, 0.3) is 0 Å². The molecule has 0 amide bonds. The summed E-state index contributed by atoms with van der Waals surface area (Å²) in [6.45, 7) is 2.15. The molecule has 1 fully saturated rings. The first-order valence-corrected chi connectivity index (χ1v) is 5.87. The monoisotopic (exact) mass is 224 g/mol. The molecule has 1 aromatic rings. The van der Waals surface area contributed by atoms with Gasteiger partial charge in [0.05, 0.1) is 0 Å². The van der Waals surface area contributed by atoms with Crippen LogP contribution < -0.4 is 11.1 Å². The van der Waals surface area contributed by atoms with Crippen LogP contribution in [0.15, 0.2) is 24.3 Å². The SMILES string of the molecule is NC(c1cccc(Cl)c1)C1CCCNC1. The number of hydrogen-bond acceptors (Lipinski definition) is 2. The lowest BCUT2D eigenvalue weighted by Gasteiger charge is -2.28. The normalized spacial score (nSPS) is 23.7. The van der Waals surface area contributed by atoms with Crippen LogP contribution in [0.5, 0.6) is 0 Å². The van der Waals surface area contributed by atoms with E-state index in [9.17, 15) is 0 Å². The Hall–Kier alpha value is -0.570. The van der Waals surface area contributed by atoms with E-state index in [4.69, 9.17) is 17.3 Å². The topological polar surface area (TPSA) is 38.0 Å². The molecular weight excluding hydrogens is 208 g/mol. The van der Waals surface area contributed by atoms with Gasteiger partial charge in [-0.2, -0.15) is 0 Å². The van der Waals surface area contributed by atoms with Gasteiger partial charge in [0.2, 0.25) is 0 Å². The fraction of sp³-hybridized carbons (Fsp3) is 0.500. The number of benzene rings is 1. The molecular formula is C12H17ClN2. The molecule has 0 aromatic heterocycles. The third kappa shape index (κ3) is 2.71. The highest BCUT2D eigenvalue weighted by Gasteiger charge is 2.21. The molecule has 2 atom stereocenters. The van der Waals surface area contributed by atoms with Gasteiger partial charge < -0.3 is 11.1 Å². The quantitative estimate of drug-likeness (QED) is 0.810. The number of nitrogens with two attached hydrogens (primary N) is 1. The van der Waals surface area contributed by atoms with Gasteiger partial charge in [-0.15, -0.1) is 0 Å². The van der Waals surface area contributed by atoms with E-state index < -0.39 is 0 Å². The highest BCUT2D eigenvalue weighted by atomic mass is 35.5. The Morgan fingerprint density at radius 2 is 2.33 bits per heavy atom. The van der Waals surface area contributed by atoms with Gasteiger partial charge in [-0.3, -0.25) is 0 Å². The fourth-order valence-electron chi connectivity index (χ4n) is 2.17. The van der Waals surface area contributed by atoms with Crippen LogP contribution in [0.2, 0.25) is 5.02 Å². The number of hydrogen-bond donors (Lipinski definition) is 2. The molecule has 82 valence electrons. The lowest BCUT2D eigenvalue weighted by molar-refractivity contribution is 0.326. The molecule has 15 heavy (non-hydrogen) atoms. The van der Waals surface area contributed by atoms with Crippen molar-refractivity contribution in [1.29, 1.82) is 0 Å². The Bertz CT molecular complexity index is 321. The van der Waals surface area contributed by atoms with Crippen molar-refractivity contribution in [3.05, 3.63) is 34.9 Å². The molecule has 1 saturated heterocycles. The molecule has 3 heteroatoms. The van der Waals surface area contributed by atoms with E-state index in [1.54, 1.807) is 0 Å². The summed E-state index contributed by atoms with van der Waals surface area (Å²) in [6.07, 6.45) is 2.43. The molecule has 0 bridgehead atoms. The number of halogens is 1. The zero-order chi connectivity index (χ0) is 10.7. The summed E-state index contributed by atoms with van der Waals surface area (Å²) in [5.41, 5.74) is 7.39. The Labute approximate surface area is 95.8 Å². The van der Waals surface area contributed by atoms with Crippen molar-refractivity contribution in [2.45, 2.75) is 18.9 Å². The molecule has 0 saturated carbocycles. The van der Waals surface area contributed by atoms with Crippen molar-refractivity contribution in [3.63, 3.8) is 0 Å². The van der Waals surface area contributed by atoms with E-state index in [1.807, 2.05) is 18.2 Å². The predicted octanol–water partition coefficient (Wildman–Crippen LogP) is 2.34. The van der Waals surface area contributed by atoms with Crippen molar-refractivity contribution >= 4 is 11.6 Å². The van der Waals surface area contributed by atoms with Gasteiger partial charge >= 0.3 is 0 Å². The van der Waals surface area contributed by atoms with E-state index in [1.165, 1.54) is 12.8 Å². The maximum absolute atomic E-state index is 6.24. The molecule has 2 nitrogen and oxygen atoms in total. The van der Waals surface area contributed by atoms with Crippen LogP contribution >= 0.6 is 11.6 Å². The van der Waals surface area contributed by atoms with E-state index in [2.05, 4.69) is 11.4 Å². The van der Waals surface area contributed by atoms with Gasteiger partial charge in [-0.1, -0.05) is 23.7 Å². The maximum Gasteiger partial charge on any atom is 0.0409 e. The van der Waals surface area contributed by atoms with Gasteiger partial charge in [0, 0.05) is 11.1 Å². The first-order chi connectivity index (χ1) is 7.27. The number of rotatable bonds is 2. The number of piperidine rings is 1. The largest absolute Gasteiger partial charge is 0.324 e. The van der Waals surface area contributed by atoms with Crippen LogP contribution in [0.4, 0.5) is 0 Å². The smallest absolute Gasteiger partial charge is 0.0409 e. The average molecular weight is 225 g/mol. The third-order valence-corrected chi connectivity index (χ3v) is 3.31. The minimum atomic E-state index is 0.108. The van der Waals surface area contributed by atoms with Crippen LogP contribution in [0.1, 0.15) is 24.4 Å². The Morgan fingerprint density at radius 1 is 1.47 bits per heavy atom. The minimum Gasteiger partial charge on any atom is -0.324 e. The third-order valence-electron chi connectivity index (χ3n) is 3.08. The number of nitrogens with one attached hydrogen (secondary N) is 1. The predicted molar refractivity (Wildman–Crippen MR) is 64.0 cm³/mol. The van der Waals surface area contributed by atoms with Gasteiger partial charge in [-0.05, 0) is 49.5 Å². The van der Waals surface area contributed by atoms with Crippen molar-refractivity contribution in [2.75, 3.05) is 13.1 Å².